The van der Waals surface area contributed by atoms with E-state index in [9.17, 15) is 4.79 Å². The van der Waals surface area contributed by atoms with Crippen molar-refractivity contribution in [2.45, 2.75) is 52.0 Å². The normalized spacial score (nSPS) is 15.5. The van der Waals surface area contributed by atoms with Gasteiger partial charge in [0, 0.05) is 14.4 Å². The number of benzene rings is 3. The molecule has 0 saturated heterocycles. The molecule has 0 aromatic heterocycles. The molecule has 0 amide bonds. The minimum absolute atomic E-state index is 0. The van der Waals surface area contributed by atoms with Gasteiger partial charge in [0.15, 0.2) is 11.5 Å². The highest BCUT2D eigenvalue weighted by atomic mass is 16.7. The first kappa shape index (κ1) is 22.7. The number of ketones is 1. The van der Waals surface area contributed by atoms with E-state index in [-0.39, 0.29) is 19.4 Å². The standard InChI is InChI=1S/C30H33NO3.H2/c1-20(2)17-31-18-22-6-8-24(9-7-22)26-14-23(5-4-21(26)3)15-29(32)30(12-13-30)25-10-11-27-28(16-25)34-19-33-27;/h4-11,14,16,20,31H,12-13,15,17-19H2,1-3H3;1H. The molecule has 1 heterocycles. The lowest BCUT2D eigenvalue weighted by atomic mass is 9.87. The molecule has 0 bridgehead atoms. The smallest absolute Gasteiger partial charge is 0.231 e. The lowest BCUT2D eigenvalue weighted by Crippen LogP contribution is -2.22. The Hall–Kier alpha value is -3.11. The van der Waals surface area contributed by atoms with E-state index in [4.69, 9.17) is 9.47 Å². The predicted octanol–water partition coefficient (Wildman–Crippen LogP) is 6.23. The molecule has 34 heavy (non-hydrogen) atoms. The van der Waals surface area contributed by atoms with Crippen LogP contribution in [0.2, 0.25) is 0 Å². The van der Waals surface area contributed by atoms with Crippen LogP contribution in [0.15, 0.2) is 60.7 Å². The molecule has 3 aromatic rings. The Morgan fingerprint density at radius 1 is 0.971 bits per heavy atom. The monoisotopic (exact) mass is 457 g/mol. The van der Waals surface area contributed by atoms with Gasteiger partial charge in [0.05, 0.1) is 5.41 Å². The second-order valence-corrected chi connectivity index (χ2v) is 10.1. The molecule has 178 valence electrons. The molecule has 1 fully saturated rings. The van der Waals surface area contributed by atoms with E-state index in [1.165, 1.54) is 22.3 Å². The number of Topliss-reactive ketones (excluding diaryl/α,β-unsaturated/α-hetero) is 1. The van der Waals surface area contributed by atoms with Gasteiger partial charge in [-0.2, -0.15) is 0 Å². The third-order valence-electron chi connectivity index (χ3n) is 7.02. The van der Waals surface area contributed by atoms with Crippen molar-refractivity contribution >= 4 is 5.78 Å². The first-order valence-corrected chi connectivity index (χ1v) is 12.3. The summed E-state index contributed by atoms with van der Waals surface area (Å²) in [5, 5.41) is 3.50. The molecule has 0 spiro atoms. The van der Waals surface area contributed by atoms with E-state index >= 15 is 0 Å². The highest BCUT2D eigenvalue weighted by Crippen LogP contribution is 2.51. The summed E-state index contributed by atoms with van der Waals surface area (Å²) < 4.78 is 11.0. The Morgan fingerprint density at radius 2 is 1.71 bits per heavy atom. The van der Waals surface area contributed by atoms with Crippen LogP contribution in [0.1, 0.15) is 50.4 Å². The minimum atomic E-state index is -0.378. The maximum Gasteiger partial charge on any atom is 0.231 e. The lowest BCUT2D eigenvalue weighted by Gasteiger charge is -2.16. The number of fused-ring (bicyclic) bond motifs is 1. The average molecular weight is 458 g/mol. The number of rotatable bonds is 9. The van der Waals surface area contributed by atoms with E-state index < -0.39 is 0 Å². The predicted molar refractivity (Wildman–Crippen MR) is 137 cm³/mol. The third kappa shape index (κ3) is 4.60. The second kappa shape index (κ2) is 9.27. The molecular formula is C30H35NO3. The van der Waals surface area contributed by atoms with Gasteiger partial charge < -0.3 is 14.8 Å². The Balaban J connectivity index is 0.00000289. The van der Waals surface area contributed by atoms with Crippen LogP contribution < -0.4 is 14.8 Å². The fourth-order valence-electron chi connectivity index (χ4n) is 4.80. The number of carbonyl (C=O) groups excluding carboxylic acids is 1. The van der Waals surface area contributed by atoms with Gasteiger partial charge in [0.1, 0.15) is 5.78 Å². The van der Waals surface area contributed by atoms with Crippen LogP contribution in [0.4, 0.5) is 0 Å². The van der Waals surface area contributed by atoms with Crippen molar-refractivity contribution in [2.75, 3.05) is 13.3 Å². The van der Waals surface area contributed by atoms with Crippen molar-refractivity contribution in [1.82, 2.24) is 5.32 Å². The highest BCUT2D eigenvalue weighted by Gasteiger charge is 2.50. The van der Waals surface area contributed by atoms with Gasteiger partial charge in [-0.3, -0.25) is 4.79 Å². The van der Waals surface area contributed by atoms with E-state index in [1.807, 2.05) is 18.2 Å². The topological polar surface area (TPSA) is 47.6 Å². The third-order valence-corrected chi connectivity index (χ3v) is 7.02. The summed E-state index contributed by atoms with van der Waals surface area (Å²) in [5.74, 6) is 2.44. The zero-order valence-electron chi connectivity index (χ0n) is 20.3. The Morgan fingerprint density at radius 3 is 2.44 bits per heavy atom. The highest BCUT2D eigenvalue weighted by molar-refractivity contribution is 5.95. The molecule has 0 atom stereocenters. The Labute approximate surface area is 203 Å². The van der Waals surface area contributed by atoms with Gasteiger partial charge in [-0.25, -0.2) is 0 Å². The zero-order valence-corrected chi connectivity index (χ0v) is 20.3. The average Bonchev–Trinajstić information content (AvgIpc) is 3.51. The molecular weight excluding hydrogens is 422 g/mol. The summed E-state index contributed by atoms with van der Waals surface area (Å²) >= 11 is 0. The van der Waals surface area contributed by atoms with Gasteiger partial charge in [0.2, 0.25) is 6.79 Å². The Kier molecular flexibility index (Phi) is 6.18. The number of hydrogen-bond donors (Lipinski definition) is 1. The van der Waals surface area contributed by atoms with Crippen LogP contribution in [-0.4, -0.2) is 19.1 Å². The molecule has 1 N–H and O–H groups in total. The van der Waals surface area contributed by atoms with Crippen LogP contribution in [0.25, 0.3) is 11.1 Å². The summed E-state index contributed by atoms with van der Waals surface area (Å²) in [7, 11) is 0. The van der Waals surface area contributed by atoms with Crippen molar-refractivity contribution in [3.63, 3.8) is 0 Å². The van der Waals surface area contributed by atoms with Crippen LogP contribution >= 0.6 is 0 Å². The first-order valence-electron chi connectivity index (χ1n) is 12.3. The van der Waals surface area contributed by atoms with E-state index in [0.29, 0.717) is 12.3 Å². The van der Waals surface area contributed by atoms with Crippen LogP contribution in [0.5, 0.6) is 11.5 Å². The molecule has 3 aromatic carbocycles. The molecule has 0 radical (unpaired) electrons. The SMILES string of the molecule is Cc1ccc(CC(=O)C2(c3ccc4c(c3)OCO4)CC2)cc1-c1ccc(CNCC(C)C)cc1.[HH]. The summed E-state index contributed by atoms with van der Waals surface area (Å²) in [6.45, 7) is 8.72. The van der Waals surface area contributed by atoms with Gasteiger partial charge >= 0.3 is 0 Å². The van der Waals surface area contributed by atoms with Crippen molar-refractivity contribution < 1.29 is 15.7 Å². The molecule has 1 saturated carbocycles. The minimum Gasteiger partial charge on any atom is -0.454 e. The number of carbonyl (C=O) groups is 1. The first-order chi connectivity index (χ1) is 16.4. The van der Waals surface area contributed by atoms with E-state index in [2.05, 4.69) is 68.6 Å². The van der Waals surface area contributed by atoms with Crippen molar-refractivity contribution in [3.8, 4) is 22.6 Å². The Bertz CT molecular complexity index is 1200. The van der Waals surface area contributed by atoms with Gasteiger partial charge in [-0.15, -0.1) is 0 Å². The number of nitrogens with one attached hydrogen (secondary N) is 1. The fraction of sp³-hybridized carbons (Fsp3) is 0.367. The molecule has 4 heteroatoms. The summed E-state index contributed by atoms with van der Waals surface area (Å²) in [4.78, 5) is 13.4. The second-order valence-electron chi connectivity index (χ2n) is 10.1. The van der Waals surface area contributed by atoms with Gasteiger partial charge in [-0.05, 0) is 77.7 Å². The fourth-order valence-corrected chi connectivity index (χ4v) is 4.80. The van der Waals surface area contributed by atoms with Crippen molar-refractivity contribution in [1.29, 1.82) is 0 Å². The number of ether oxygens (including phenoxy) is 2. The maximum atomic E-state index is 13.4. The molecule has 1 aliphatic heterocycles. The van der Waals surface area contributed by atoms with E-state index in [1.54, 1.807) is 0 Å². The zero-order chi connectivity index (χ0) is 23.7. The van der Waals surface area contributed by atoms with Gasteiger partial charge in [-0.1, -0.05) is 62.4 Å². The summed E-state index contributed by atoms with van der Waals surface area (Å²) in [5.41, 5.74) is 6.63. The van der Waals surface area contributed by atoms with Crippen LogP contribution in [0, 0.1) is 12.8 Å². The lowest BCUT2D eigenvalue weighted by molar-refractivity contribution is -0.120. The molecule has 1 aliphatic carbocycles. The number of hydrogen-bond acceptors (Lipinski definition) is 4. The van der Waals surface area contributed by atoms with Crippen molar-refractivity contribution in [2.24, 2.45) is 5.92 Å². The van der Waals surface area contributed by atoms with Crippen molar-refractivity contribution in [3.05, 3.63) is 82.9 Å². The van der Waals surface area contributed by atoms with Gasteiger partial charge in [0.25, 0.3) is 0 Å². The van der Waals surface area contributed by atoms with Crippen LogP contribution in [0.3, 0.4) is 0 Å². The molecule has 0 unspecified atom stereocenters. The summed E-state index contributed by atoms with van der Waals surface area (Å²) in [6.07, 6.45) is 2.24. The number of aryl methyl sites for hydroxylation is 1. The van der Waals surface area contributed by atoms with Crippen LogP contribution in [-0.2, 0) is 23.2 Å². The largest absolute Gasteiger partial charge is 0.454 e. The molecule has 5 rings (SSSR count). The maximum absolute atomic E-state index is 13.4. The molecule has 2 aliphatic rings. The summed E-state index contributed by atoms with van der Waals surface area (Å²) in [6, 6.07) is 21.1. The molecule has 4 nitrogen and oxygen atoms in total. The van der Waals surface area contributed by atoms with E-state index in [0.717, 1.165) is 48.6 Å². The quantitative estimate of drug-likeness (QED) is 0.414.